The number of hydrogen-bond acceptors (Lipinski definition) is 0. The first kappa shape index (κ1) is 29.8. The first-order valence-corrected chi connectivity index (χ1v) is 15.3. The van der Waals surface area contributed by atoms with Crippen molar-refractivity contribution in [1.29, 1.82) is 0 Å². The Morgan fingerprint density at radius 2 is 1.16 bits per heavy atom. The predicted molar refractivity (Wildman–Crippen MR) is 140 cm³/mol. The van der Waals surface area contributed by atoms with Gasteiger partial charge in [-0.15, -0.1) is 0 Å². The number of halogens is 6. The van der Waals surface area contributed by atoms with Crippen molar-refractivity contribution in [2.75, 3.05) is 0 Å². The van der Waals surface area contributed by atoms with E-state index in [2.05, 4.69) is 6.92 Å². The molecule has 0 saturated heterocycles. The Morgan fingerprint density at radius 1 is 0.711 bits per heavy atom. The highest BCUT2D eigenvalue weighted by Crippen LogP contribution is 2.48. The van der Waals surface area contributed by atoms with E-state index < -0.39 is 41.9 Å². The van der Waals surface area contributed by atoms with Gasteiger partial charge in [0.2, 0.25) is 0 Å². The van der Waals surface area contributed by atoms with E-state index in [-0.39, 0.29) is 5.56 Å². The zero-order valence-electron chi connectivity index (χ0n) is 23.0. The van der Waals surface area contributed by atoms with Gasteiger partial charge < -0.3 is 0 Å². The molecule has 216 valence electrons. The Kier molecular flexibility index (Phi) is 10.5. The van der Waals surface area contributed by atoms with Crippen LogP contribution in [0.4, 0.5) is 26.3 Å². The van der Waals surface area contributed by atoms with Crippen LogP contribution in [0, 0.1) is 47.1 Å². The van der Waals surface area contributed by atoms with Gasteiger partial charge in [-0.25, -0.2) is 26.3 Å². The van der Waals surface area contributed by atoms with Crippen LogP contribution >= 0.6 is 0 Å². The van der Waals surface area contributed by atoms with E-state index in [1.54, 1.807) is 0 Å². The number of alkyl halides is 4. The normalized spacial score (nSPS) is 31.1. The number of unbranched alkanes of at least 4 members (excludes halogenated alkanes) is 2. The van der Waals surface area contributed by atoms with Crippen LogP contribution in [0.25, 0.3) is 0 Å². The van der Waals surface area contributed by atoms with Crippen LogP contribution in [0.1, 0.15) is 127 Å². The SMILES string of the molecule is CCCCCC1CCC(C2CCC(C3CCC(C(F)(F)Cc4cc(F)c(C(F)F)c(F)c4)CC3)CC2)CC1. The summed E-state index contributed by atoms with van der Waals surface area (Å²) in [5, 5.41) is 0. The largest absolute Gasteiger partial charge is 0.269 e. The van der Waals surface area contributed by atoms with E-state index in [1.807, 2.05) is 0 Å². The summed E-state index contributed by atoms with van der Waals surface area (Å²) in [7, 11) is 0. The average molecular weight is 545 g/mol. The molecule has 0 unspecified atom stereocenters. The third kappa shape index (κ3) is 7.50. The summed E-state index contributed by atoms with van der Waals surface area (Å²) in [4.78, 5) is 0. The molecule has 38 heavy (non-hydrogen) atoms. The summed E-state index contributed by atoms with van der Waals surface area (Å²) in [6.45, 7) is 2.27. The van der Waals surface area contributed by atoms with Crippen molar-refractivity contribution in [3.05, 3.63) is 34.9 Å². The van der Waals surface area contributed by atoms with Crippen LogP contribution in [0.2, 0.25) is 0 Å². The summed E-state index contributed by atoms with van der Waals surface area (Å²) in [6, 6.07) is 1.28. The lowest BCUT2D eigenvalue weighted by molar-refractivity contribution is -0.0779. The van der Waals surface area contributed by atoms with Crippen LogP contribution in [0.5, 0.6) is 0 Å². The molecule has 1 aromatic rings. The lowest BCUT2D eigenvalue weighted by Gasteiger charge is -2.42. The monoisotopic (exact) mass is 544 g/mol. The van der Waals surface area contributed by atoms with Crippen molar-refractivity contribution in [2.24, 2.45) is 35.5 Å². The summed E-state index contributed by atoms with van der Waals surface area (Å²) >= 11 is 0. The van der Waals surface area contributed by atoms with Gasteiger partial charge in [0, 0.05) is 12.3 Å². The average Bonchev–Trinajstić information content (AvgIpc) is 2.88. The molecule has 0 aliphatic heterocycles. The molecule has 0 radical (unpaired) electrons. The van der Waals surface area contributed by atoms with Gasteiger partial charge in [-0.05, 0) is 111 Å². The van der Waals surface area contributed by atoms with Gasteiger partial charge in [-0.3, -0.25) is 0 Å². The third-order valence-corrected chi connectivity index (χ3v) is 10.4. The molecule has 3 saturated carbocycles. The van der Waals surface area contributed by atoms with Gasteiger partial charge in [0.05, 0.1) is 5.56 Å². The Bertz CT molecular complexity index is 836. The smallest absolute Gasteiger partial charge is 0.206 e. The first-order chi connectivity index (χ1) is 18.2. The fraction of sp³-hybridized carbons (Fsp3) is 0.812. The highest BCUT2D eigenvalue weighted by atomic mass is 19.3. The summed E-state index contributed by atoms with van der Waals surface area (Å²) < 4.78 is 83.5. The molecule has 0 amide bonds. The van der Waals surface area contributed by atoms with E-state index in [4.69, 9.17) is 0 Å². The minimum atomic E-state index is -3.31. The second kappa shape index (κ2) is 13.4. The van der Waals surface area contributed by atoms with E-state index in [0.717, 1.165) is 30.6 Å². The van der Waals surface area contributed by atoms with E-state index >= 15 is 8.78 Å². The maximum Gasteiger partial charge on any atom is 0.269 e. The Hall–Kier alpha value is -1.20. The highest BCUT2D eigenvalue weighted by Gasteiger charge is 2.43. The molecule has 0 nitrogen and oxygen atoms in total. The fourth-order valence-electron chi connectivity index (χ4n) is 8.10. The molecule has 4 rings (SSSR count). The Balaban J connectivity index is 1.20. The van der Waals surface area contributed by atoms with E-state index in [9.17, 15) is 17.6 Å². The minimum Gasteiger partial charge on any atom is -0.206 e. The molecule has 0 aromatic heterocycles. The fourth-order valence-corrected chi connectivity index (χ4v) is 8.10. The Morgan fingerprint density at radius 3 is 1.61 bits per heavy atom. The van der Waals surface area contributed by atoms with Crippen LogP contribution in [0.15, 0.2) is 12.1 Å². The molecule has 3 aliphatic carbocycles. The number of benzene rings is 1. The van der Waals surface area contributed by atoms with E-state index in [1.165, 1.54) is 77.0 Å². The molecule has 1 aromatic carbocycles. The second-order valence-electron chi connectivity index (χ2n) is 12.8. The zero-order chi connectivity index (χ0) is 27.3. The first-order valence-electron chi connectivity index (χ1n) is 15.3. The Labute approximate surface area is 225 Å². The van der Waals surface area contributed by atoms with Crippen molar-refractivity contribution in [2.45, 2.75) is 128 Å². The maximum absolute atomic E-state index is 15.1. The summed E-state index contributed by atoms with van der Waals surface area (Å²) in [5.74, 6) is -3.04. The maximum atomic E-state index is 15.1. The number of rotatable bonds is 10. The van der Waals surface area contributed by atoms with Gasteiger partial charge in [0.25, 0.3) is 12.3 Å². The summed E-state index contributed by atoms with van der Waals surface area (Å²) in [5.41, 5.74) is -1.60. The highest BCUT2D eigenvalue weighted by molar-refractivity contribution is 5.28. The van der Waals surface area contributed by atoms with Crippen molar-refractivity contribution < 1.29 is 26.3 Å². The predicted octanol–water partition coefficient (Wildman–Crippen LogP) is 11.1. The molecule has 0 heterocycles. The van der Waals surface area contributed by atoms with Gasteiger partial charge in [0.15, 0.2) is 0 Å². The standard InChI is InChI=1S/C32H46F6/c1-2-3-4-5-21-6-8-23(9-7-21)24-10-12-25(13-11-24)26-14-16-27(17-15-26)32(37,38)20-22-18-28(33)30(31(35)36)29(34)19-22/h18-19,21,23-27,31H,2-17,20H2,1H3. The molecule has 0 spiro atoms. The van der Waals surface area contributed by atoms with Crippen LogP contribution in [0.3, 0.4) is 0 Å². The lowest BCUT2D eigenvalue weighted by Crippen LogP contribution is -2.36. The van der Waals surface area contributed by atoms with Gasteiger partial charge >= 0.3 is 0 Å². The van der Waals surface area contributed by atoms with Crippen molar-refractivity contribution in [3.8, 4) is 0 Å². The van der Waals surface area contributed by atoms with Crippen molar-refractivity contribution >= 4 is 0 Å². The minimum absolute atomic E-state index is 0.259. The molecule has 0 atom stereocenters. The van der Waals surface area contributed by atoms with Gasteiger partial charge in [-0.2, -0.15) is 0 Å². The molecular weight excluding hydrogens is 498 g/mol. The van der Waals surface area contributed by atoms with Gasteiger partial charge in [-0.1, -0.05) is 45.4 Å². The molecule has 3 aliphatic rings. The quantitative estimate of drug-likeness (QED) is 0.203. The zero-order valence-corrected chi connectivity index (χ0v) is 23.0. The molecule has 6 heteroatoms. The molecular formula is C32H46F6. The van der Waals surface area contributed by atoms with Crippen molar-refractivity contribution in [3.63, 3.8) is 0 Å². The van der Waals surface area contributed by atoms with Crippen LogP contribution in [-0.4, -0.2) is 5.92 Å². The van der Waals surface area contributed by atoms with Crippen LogP contribution < -0.4 is 0 Å². The molecule has 0 bridgehead atoms. The second-order valence-corrected chi connectivity index (χ2v) is 12.8. The third-order valence-electron chi connectivity index (χ3n) is 10.4. The topological polar surface area (TPSA) is 0 Å². The van der Waals surface area contributed by atoms with Crippen LogP contribution in [-0.2, 0) is 6.42 Å². The molecule has 0 N–H and O–H groups in total. The van der Waals surface area contributed by atoms with Gasteiger partial charge in [0.1, 0.15) is 11.6 Å². The van der Waals surface area contributed by atoms with Crippen molar-refractivity contribution in [1.82, 2.24) is 0 Å². The van der Waals surface area contributed by atoms with E-state index in [0.29, 0.717) is 36.8 Å². The number of hydrogen-bond donors (Lipinski definition) is 0. The lowest BCUT2D eigenvalue weighted by atomic mass is 9.64. The molecule has 3 fully saturated rings. The summed E-state index contributed by atoms with van der Waals surface area (Å²) in [6.07, 6.45) is 14.3.